The third kappa shape index (κ3) is 4.83. The van der Waals surface area contributed by atoms with Crippen molar-refractivity contribution in [1.29, 1.82) is 0 Å². The van der Waals surface area contributed by atoms with Gasteiger partial charge in [0.25, 0.3) is 0 Å². The van der Waals surface area contributed by atoms with E-state index >= 15 is 0 Å². The number of piperidine rings is 1. The standard InChI is InChI=1S/C20H24F3NO3/c1-24-10-2-4-15(13-27-19(25)16-5-3-11-26-12-16)18(24)14-6-8-17(9-7-14)20(21,22)23/h6-9,12,15,18H,2-5,10-11,13H2,1H3. The van der Waals surface area contributed by atoms with Crippen LogP contribution >= 0.6 is 0 Å². The summed E-state index contributed by atoms with van der Waals surface area (Å²) in [6.45, 7) is 1.71. The van der Waals surface area contributed by atoms with E-state index in [1.54, 1.807) is 0 Å². The molecule has 1 aromatic carbocycles. The van der Waals surface area contributed by atoms with E-state index in [1.165, 1.54) is 18.4 Å². The lowest BCUT2D eigenvalue weighted by Crippen LogP contribution is -2.38. The van der Waals surface area contributed by atoms with Gasteiger partial charge in [-0.25, -0.2) is 4.79 Å². The fourth-order valence-electron chi connectivity index (χ4n) is 3.82. The molecule has 0 amide bonds. The van der Waals surface area contributed by atoms with Crippen LogP contribution in [-0.4, -0.2) is 37.7 Å². The number of likely N-dealkylation sites (tertiary alicyclic amines) is 1. The van der Waals surface area contributed by atoms with Gasteiger partial charge >= 0.3 is 12.1 Å². The number of carbonyl (C=O) groups excluding carboxylic acids is 1. The van der Waals surface area contributed by atoms with Crippen LogP contribution in [0.25, 0.3) is 0 Å². The van der Waals surface area contributed by atoms with Crippen LogP contribution in [0.3, 0.4) is 0 Å². The van der Waals surface area contributed by atoms with Crippen LogP contribution in [0, 0.1) is 5.92 Å². The van der Waals surface area contributed by atoms with E-state index in [1.807, 2.05) is 7.05 Å². The number of esters is 1. The van der Waals surface area contributed by atoms with E-state index in [0.717, 1.165) is 43.5 Å². The third-order valence-electron chi connectivity index (χ3n) is 5.21. The summed E-state index contributed by atoms with van der Waals surface area (Å²) in [6.07, 6.45) is 0.376. The summed E-state index contributed by atoms with van der Waals surface area (Å²) in [5, 5.41) is 0. The van der Waals surface area contributed by atoms with E-state index in [0.29, 0.717) is 18.6 Å². The highest BCUT2D eigenvalue weighted by Crippen LogP contribution is 2.37. The summed E-state index contributed by atoms with van der Waals surface area (Å²) in [7, 11) is 1.95. The zero-order chi connectivity index (χ0) is 19.4. The third-order valence-corrected chi connectivity index (χ3v) is 5.21. The van der Waals surface area contributed by atoms with Crippen LogP contribution in [0.5, 0.6) is 0 Å². The highest BCUT2D eigenvalue weighted by Gasteiger charge is 2.34. The topological polar surface area (TPSA) is 38.8 Å². The number of alkyl halides is 3. The maximum atomic E-state index is 12.8. The average molecular weight is 383 g/mol. The van der Waals surface area contributed by atoms with Gasteiger partial charge in [-0.05, 0) is 57.0 Å². The fraction of sp³-hybridized carbons (Fsp3) is 0.550. The second-order valence-corrected chi connectivity index (χ2v) is 7.16. The van der Waals surface area contributed by atoms with Gasteiger partial charge in [0, 0.05) is 12.0 Å². The maximum Gasteiger partial charge on any atom is 0.416 e. The first-order valence-corrected chi connectivity index (χ1v) is 9.21. The van der Waals surface area contributed by atoms with Crippen LogP contribution in [0.1, 0.15) is 42.9 Å². The van der Waals surface area contributed by atoms with Crippen molar-refractivity contribution in [3.63, 3.8) is 0 Å². The largest absolute Gasteiger partial charge is 0.501 e. The van der Waals surface area contributed by atoms with E-state index in [9.17, 15) is 18.0 Å². The molecule has 4 nitrogen and oxygen atoms in total. The molecular weight excluding hydrogens is 359 g/mol. The Morgan fingerprint density at radius 3 is 2.63 bits per heavy atom. The lowest BCUT2D eigenvalue weighted by Gasteiger charge is -2.39. The molecule has 1 saturated heterocycles. The summed E-state index contributed by atoms with van der Waals surface area (Å²) >= 11 is 0. The maximum absolute atomic E-state index is 12.8. The second kappa shape index (κ2) is 8.33. The van der Waals surface area contributed by atoms with Crippen molar-refractivity contribution < 1.29 is 27.4 Å². The Kier molecular flexibility index (Phi) is 6.09. The van der Waals surface area contributed by atoms with Crippen molar-refractivity contribution >= 4 is 5.97 Å². The van der Waals surface area contributed by atoms with Gasteiger partial charge < -0.3 is 9.47 Å². The number of benzene rings is 1. The molecule has 2 aliphatic rings. The molecule has 1 fully saturated rings. The predicted octanol–water partition coefficient (Wildman–Crippen LogP) is 4.33. The van der Waals surface area contributed by atoms with Gasteiger partial charge in [-0.3, -0.25) is 4.90 Å². The molecule has 0 aromatic heterocycles. The Labute approximate surface area is 156 Å². The molecule has 2 heterocycles. The molecule has 0 saturated carbocycles. The molecule has 0 aliphatic carbocycles. The molecule has 2 unspecified atom stereocenters. The van der Waals surface area contributed by atoms with E-state index in [-0.39, 0.29) is 24.5 Å². The van der Waals surface area contributed by atoms with Crippen molar-refractivity contribution in [2.24, 2.45) is 5.92 Å². The number of carbonyl (C=O) groups is 1. The number of halogens is 3. The van der Waals surface area contributed by atoms with Crippen molar-refractivity contribution in [1.82, 2.24) is 4.90 Å². The zero-order valence-electron chi connectivity index (χ0n) is 15.3. The Hall–Kier alpha value is -2.02. The Balaban J connectivity index is 1.69. The lowest BCUT2D eigenvalue weighted by molar-refractivity contribution is -0.142. The Bertz CT molecular complexity index is 685. The average Bonchev–Trinajstić information content (AvgIpc) is 2.66. The number of hydrogen-bond acceptors (Lipinski definition) is 4. The van der Waals surface area contributed by atoms with E-state index in [2.05, 4.69) is 4.90 Å². The lowest BCUT2D eigenvalue weighted by atomic mass is 9.85. The SMILES string of the molecule is CN1CCCC(COC(=O)C2=COCCC2)C1c1ccc(C(F)(F)F)cc1. The van der Waals surface area contributed by atoms with Crippen molar-refractivity contribution in [2.75, 3.05) is 26.8 Å². The number of hydrogen-bond donors (Lipinski definition) is 0. The molecule has 2 aliphatic heterocycles. The quantitative estimate of drug-likeness (QED) is 0.726. The monoisotopic (exact) mass is 383 g/mol. The van der Waals surface area contributed by atoms with Crippen molar-refractivity contribution in [3.8, 4) is 0 Å². The molecule has 2 atom stereocenters. The first kappa shape index (κ1) is 19.7. The van der Waals surface area contributed by atoms with Crippen LogP contribution < -0.4 is 0 Å². The Morgan fingerprint density at radius 2 is 2.00 bits per heavy atom. The number of rotatable bonds is 4. The molecular formula is C20H24F3NO3. The summed E-state index contributed by atoms with van der Waals surface area (Å²) in [5.74, 6) is -0.330. The van der Waals surface area contributed by atoms with Gasteiger partial charge in [-0.1, -0.05) is 12.1 Å². The molecule has 7 heteroatoms. The van der Waals surface area contributed by atoms with Crippen LogP contribution in [-0.2, 0) is 20.4 Å². The molecule has 3 rings (SSSR count). The minimum atomic E-state index is -4.35. The summed E-state index contributed by atoms with van der Waals surface area (Å²) in [6, 6.07) is 5.21. The fourth-order valence-corrected chi connectivity index (χ4v) is 3.82. The first-order chi connectivity index (χ1) is 12.9. The molecule has 0 radical (unpaired) electrons. The van der Waals surface area contributed by atoms with Gasteiger partial charge in [0.1, 0.15) is 0 Å². The van der Waals surface area contributed by atoms with Gasteiger partial charge in [0.15, 0.2) is 0 Å². The number of nitrogens with zero attached hydrogens (tertiary/aromatic N) is 1. The normalized spacial score (nSPS) is 24.1. The van der Waals surface area contributed by atoms with Gasteiger partial charge in [-0.15, -0.1) is 0 Å². The molecule has 27 heavy (non-hydrogen) atoms. The van der Waals surface area contributed by atoms with Crippen molar-refractivity contribution in [2.45, 2.75) is 37.9 Å². The summed E-state index contributed by atoms with van der Waals surface area (Å²) in [4.78, 5) is 14.3. The zero-order valence-corrected chi connectivity index (χ0v) is 15.3. The minimum Gasteiger partial charge on any atom is -0.501 e. The van der Waals surface area contributed by atoms with Crippen LogP contribution in [0.15, 0.2) is 36.1 Å². The molecule has 0 N–H and O–H groups in total. The van der Waals surface area contributed by atoms with Crippen LogP contribution in [0.2, 0.25) is 0 Å². The molecule has 0 spiro atoms. The first-order valence-electron chi connectivity index (χ1n) is 9.21. The van der Waals surface area contributed by atoms with Gasteiger partial charge in [0.05, 0.1) is 30.6 Å². The number of ether oxygens (including phenoxy) is 2. The predicted molar refractivity (Wildman–Crippen MR) is 93.8 cm³/mol. The Morgan fingerprint density at radius 1 is 1.26 bits per heavy atom. The summed E-state index contributed by atoms with van der Waals surface area (Å²) in [5.41, 5.74) is 0.694. The molecule has 0 bridgehead atoms. The van der Waals surface area contributed by atoms with E-state index < -0.39 is 11.7 Å². The van der Waals surface area contributed by atoms with E-state index in [4.69, 9.17) is 9.47 Å². The highest BCUT2D eigenvalue weighted by molar-refractivity contribution is 5.88. The molecule has 148 valence electrons. The van der Waals surface area contributed by atoms with Crippen molar-refractivity contribution in [3.05, 3.63) is 47.2 Å². The minimum absolute atomic E-state index is 0.0366. The van der Waals surface area contributed by atoms with Crippen LogP contribution in [0.4, 0.5) is 13.2 Å². The van der Waals surface area contributed by atoms with Gasteiger partial charge in [-0.2, -0.15) is 13.2 Å². The highest BCUT2D eigenvalue weighted by atomic mass is 19.4. The summed E-state index contributed by atoms with van der Waals surface area (Å²) < 4.78 is 49.1. The smallest absolute Gasteiger partial charge is 0.416 e. The second-order valence-electron chi connectivity index (χ2n) is 7.16. The molecule has 1 aromatic rings. The van der Waals surface area contributed by atoms with Gasteiger partial charge in [0.2, 0.25) is 0 Å².